The Morgan fingerprint density at radius 3 is 2.11 bits per heavy atom. The highest BCUT2D eigenvalue weighted by Gasteiger charge is 2.23. The third kappa shape index (κ3) is 10.9. The van der Waals surface area contributed by atoms with E-state index in [0.717, 1.165) is 25.2 Å². The zero-order valence-electron chi connectivity index (χ0n) is 26.6. The molecule has 2 aromatic carbocycles. The lowest BCUT2D eigenvalue weighted by Gasteiger charge is -2.28. The van der Waals surface area contributed by atoms with E-state index in [2.05, 4.69) is 20.1 Å². The molecule has 1 N–H and O–H groups in total. The molecular formula is C37H47F3O5. The monoisotopic (exact) mass is 628 g/mol. The van der Waals surface area contributed by atoms with Crippen molar-refractivity contribution in [3.8, 4) is 11.1 Å². The maximum absolute atomic E-state index is 15.3. The van der Waals surface area contributed by atoms with E-state index in [0.29, 0.717) is 23.5 Å². The quantitative estimate of drug-likeness (QED) is 0.108. The van der Waals surface area contributed by atoms with Gasteiger partial charge in [0.15, 0.2) is 11.6 Å². The van der Waals surface area contributed by atoms with Crippen molar-refractivity contribution < 1.29 is 37.3 Å². The van der Waals surface area contributed by atoms with Gasteiger partial charge in [0.2, 0.25) is 0 Å². The molecule has 0 aromatic heterocycles. The Balaban J connectivity index is 1.64. The Morgan fingerprint density at radius 1 is 0.889 bits per heavy atom. The molecule has 2 aromatic rings. The van der Waals surface area contributed by atoms with Crippen LogP contribution in [0.5, 0.6) is 0 Å². The molecule has 1 saturated carbocycles. The molecule has 1 aliphatic rings. The summed E-state index contributed by atoms with van der Waals surface area (Å²) in [6, 6.07) is 7.16. The molecule has 0 bridgehead atoms. The van der Waals surface area contributed by atoms with Gasteiger partial charge in [0, 0.05) is 22.6 Å². The molecule has 0 heterocycles. The van der Waals surface area contributed by atoms with E-state index < -0.39 is 41.9 Å². The lowest BCUT2D eigenvalue weighted by atomic mass is 9.77. The summed E-state index contributed by atoms with van der Waals surface area (Å²) in [4.78, 5) is 23.9. The lowest BCUT2D eigenvalue weighted by molar-refractivity contribution is -0.144. The second-order valence-corrected chi connectivity index (χ2v) is 12.4. The van der Waals surface area contributed by atoms with Crippen LogP contribution in [-0.2, 0) is 31.9 Å². The molecule has 8 heteroatoms. The zero-order chi connectivity index (χ0) is 32.9. The van der Waals surface area contributed by atoms with Crippen LogP contribution in [0.15, 0.2) is 54.6 Å². The number of esters is 2. The molecule has 1 aliphatic carbocycles. The number of aryl methyl sites for hydroxylation is 1. The maximum Gasteiger partial charge on any atom is 0.335 e. The number of rotatable bonds is 17. The second kappa shape index (κ2) is 17.9. The molecule has 45 heavy (non-hydrogen) atoms. The SMILES string of the molecule is C=C(C)C(=O)OCC(COC(=O)C(=C)CO)Cc1ccc(-c2ccc(CCC3CCC(CCCCC)CC3)c(F)c2F)c(F)c1. The van der Waals surface area contributed by atoms with Gasteiger partial charge in [0.25, 0.3) is 0 Å². The first-order chi connectivity index (χ1) is 21.5. The van der Waals surface area contributed by atoms with Gasteiger partial charge in [-0.2, -0.15) is 0 Å². The third-order valence-electron chi connectivity index (χ3n) is 8.74. The first-order valence-electron chi connectivity index (χ1n) is 16.1. The summed E-state index contributed by atoms with van der Waals surface area (Å²) >= 11 is 0. The van der Waals surface area contributed by atoms with E-state index in [4.69, 9.17) is 14.6 Å². The minimum Gasteiger partial charge on any atom is -0.462 e. The highest BCUT2D eigenvalue weighted by atomic mass is 19.2. The standard InChI is InChI=1S/C37H47F3O5/c1-5-6-7-8-26-9-11-27(12-10-26)13-15-30-16-18-32(35(40)34(30)39)31-17-14-28(20-33(31)38)19-29(22-44-36(42)24(2)3)23-45-37(43)25(4)21-41/h14,16-18,20,26-27,29,41H,2,4-13,15,19,21-23H2,1,3H3. The number of hydrogen-bond donors (Lipinski definition) is 1. The number of ether oxygens (including phenoxy) is 2. The van der Waals surface area contributed by atoms with Gasteiger partial charge in [-0.25, -0.2) is 22.8 Å². The summed E-state index contributed by atoms with van der Waals surface area (Å²) in [5.41, 5.74) is 0.612. The number of hydrogen-bond acceptors (Lipinski definition) is 5. The summed E-state index contributed by atoms with van der Waals surface area (Å²) in [7, 11) is 0. The Hall–Kier alpha value is -3.39. The fourth-order valence-electron chi connectivity index (χ4n) is 5.92. The Morgan fingerprint density at radius 2 is 1.51 bits per heavy atom. The highest BCUT2D eigenvalue weighted by Crippen LogP contribution is 2.35. The van der Waals surface area contributed by atoms with Crippen LogP contribution in [0.2, 0.25) is 0 Å². The Bertz CT molecular complexity index is 1330. The summed E-state index contributed by atoms with van der Waals surface area (Å²) < 4.78 is 56.1. The van der Waals surface area contributed by atoms with Crippen LogP contribution >= 0.6 is 0 Å². The number of aliphatic hydroxyl groups excluding tert-OH is 1. The molecule has 5 nitrogen and oxygen atoms in total. The first kappa shape index (κ1) is 36.1. The molecule has 1 atom stereocenters. The van der Waals surface area contributed by atoms with Crippen LogP contribution in [-0.4, -0.2) is 36.9 Å². The second-order valence-electron chi connectivity index (χ2n) is 12.4. The predicted octanol–water partition coefficient (Wildman–Crippen LogP) is 8.46. The molecular weight excluding hydrogens is 581 g/mol. The molecule has 1 fully saturated rings. The number of aliphatic hydroxyl groups is 1. The van der Waals surface area contributed by atoms with Crippen molar-refractivity contribution in [1.82, 2.24) is 0 Å². The van der Waals surface area contributed by atoms with Crippen LogP contribution in [0.4, 0.5) is 13.2 Å². The number of carbonyl (C=O) groups is 2. The fraction of sp³-hybridized carbons (Fsp3) is 0.514. The molecule has 0 radical (unpaired) electrons. The van der Waals surface area contributed by atoms with E-state index in [9.17, 15) is 9.59 Å². The average Bonchev–Trinajstić information content (AvgIpc) is 3.03. The Kier molecular flexibility index (Phi) is 14.4. The van der Waals surface area contributed by atoms with Gasteiger partial charge in [-0.3, -0.25) is 0 Å². The summed E-state index contributed by atoms with van der Waals surface area (Å²) in [6.07, 6.45) is 11.2. The van der Waals surface area contributed by atoms with Crippen molar-refractivity contribution in [2.75, 3.05) is 19.8 Å². The molecule has 3 rings (SSSR count). The van der Waals surface area contributed by atoms with Gasteiger partial charge < -0.3 is 14.6 Å². The average molecular weight is 629 g/mol. The summed E-state index contributed by atoms with van der Waals surface area (Å²) in [5.74, 6) is -3.42. The summed E-state index contributed by atoms with van der Waals surface area (Å²) in [6.45, 7) is 9.76. The van der Waals surface area contributed by atoms with Crippen LogP contribution in [0.25, 0.3) is 11.1 Å². The van der Waals surface area contributed by atoms with Gasteiger partial charge in [-0.15, -0.1) is 0 Å². The minimum absolute atomic E-state index is 0.0703. The first-order valence-corrected chi connectivity index (χ1v) is 16.1. The molecule has 246 valence electrons. The van der Waals surface area contributed by atoms with Crippen molar-refractivity contribution in [3.63, 3.8) is 0 Å². The van der Waals surface area contributed by atoms with Crippen LogP contribution < -0.4 is 0 Å². The highest BCUT2D eigenvalue weighted by molar-refractivity contribution is 5.88. The van der Waals surface area contributed by atoms with E-state index in [-0.39, 0.29) is 41.9 Å². The van der Waals surface area contributed by atoms with Gasteiger partial charge in [-0.05, 0) is 55.2 Å². The number of benzene rings is 2. The maximum atomic E-state index is 15.3. The van der Waals surface area contributed by atoms with Gasteiger partial charge in [0.05, 0.1) is 25.4 Å². The van der Waals surface area contributed by atoms with E-state index in [1.54, 1.807) is 12.1 Å². The molecule has 1 unspecified atom stereocenters. The van der Waals surface area contributed by atoms with Crippen LogP contribution in [0, 0.1) is 35.2 Å². The van der Waals surface area contributed by atoms with Crippen molar-refractivity contribution >= 4 is 11.9 Å². The largest absolute Gasteiger partial charge is 0.462 e. The Labute approximate surface area is 265 Å². The summed E-state index contributed by atoms with van der Waals surface area (Å²) in [5, 5.41) is 9.09. The fourth-order valence-corrected chi connectivity index (χ4v) is 5.92. The van der Waals surface area contributed by atoms with Gasteiger partial charge in [-0.1, -0.05) is 95.7 Å². The smallest absolute Gasteiger partial charge is 0.335 e. The van der Waals surface area contributed by atoms with Crippen molar-refractivity contribution in [3.05, 3.63) is 83.2 Å². The minimum atomic E-state index is -1.07. The van der Waals surface area contributed by atoms with Crippen LogP contribution in [0.3, 0.4) is 0 Å². The lowest BCUT2D eigenvalue weighted by Crippen LogP contribution is -2.24. The van der Waals surface area contributed by atoms with Crippen molar-refractivity contribution in [1.29, 1.82) is 0 Å². The number of unbranched alkanes of at least 4 members (excludes halogenated alkanes) is 2. The van der Waals surface area contributed by atoms with Gasteiger partial charge in [0.1, 0.15) is 5.82 Å². The topological polar surface area (TPSA) is 72.8 Å². The van der Waals surface area contributed by atoms with E-state index in [1.807, 2.05) is 0 Å². The number of halogens is 3. The molecule has 0 spiro atoms. The van der Waals surface area contributed by atoms with Crippen molar-refractivity contribution in [2.24, 2.45) is 17.8 Å². The molecule has 0 aliphatic heterocycles. The van der Waals surface area contributed by atoms with E-state index in [1.165, 1.54) is 63.6 Å². The molecule has 0 amide bonds. The predicted molar refractivity (Wildman–Crippen MR) is 170 cm³/mol. The third-order valence-corrected chi connectivity index (χ3v) is 8.74. The van der Waals surface area contributed by atoms with Crippen LogP contribution in [0.1, 0.15) is 82.8 Å². The van der Waals surface area contributed by atoms with Crippen molar-refractivity contribution in [2.45, 2.75) is 84.5 Å². The zero-order valence-corrected chi connectivity index (χ0v) is 26.6. The number of carbonyl (C=O) groups excluding carboxylic acids is 2. The molecule has 0 saturated heterocycles. The normalized spacial score (nSPS) is 17.0. The van der Waals surface area contributed by atoms with Gasteiger partial charge >= 0.3 is 11.9 Å². The van der Waals surface area contributed by atoms with E-state index >= 15 is 13.2 Å².